The summed E-state index contributed by atoms with van der Waals surface area (Å²) in [6.07, 6.45) is 2.83. The first-order valence-corrected chi connectivity index (χ1v) is 8.44. The Bertz CT molecular complexity index is 816. The van der Waals surface area contributed by atoms with Gasteiger partial charge in [0, 0.05) is 55.5 Å². The molecule has 1 aliphatic carbocycles. The number of carbonyl (C=O) groups is 1. The maximum Gasteiger partial charge on any atom is 0.275 e. The molecule has 9 heteroatoms. The molecule has 0 bridgehead atoms. The first-order chi connectivity index (χ1) is 12.1. The molecule has 2 aliphatic rings. The quantitative estimate of drug-likeness (QED) is 0.614. The molecule has 2 aromatic rings. The third kappa shape index (κ3) is 3.56. The molecule has 2 heterocycles. The molecule has 0 radical (unpaired) electrons. The van der Waals surface area contributed by atoms with Crippen molar-refractivity contribution in [2.75, 3.05) is 6.54 Å². The molecule has 0 unspecified atom stereocenters. The summed E-state index contributed by atoms with van der Waals surface area (Å²) in [4.78, 5) is 25.2. The number of non-ortho nitro benzene ring substituents is 1. The van der Waals surface area contributed by atoms with Crippen LogP contribution in [0.2, 0.25) is 0 Å². The van der Waals surface area contributed by atoms with E-state index in [-0.39, 0.29) is 30.0 Å². The molecule has 0 spiro atoms. The maximum absolute atomic E-state index is 13.0. The van der Waals surface area contributed by atoms with Gasteiger partial charge < -0.3 is 10.2 Å². The molecule has 1 aromatic carbocycles. The zero-order valence-corrected chi connectivity index (χ0v) is 14.9. The third-order valence-corrected chi connectivity index (χ3v) is 4.76. The van der Waals surface area contributed by atoms with Crippen LogP contribution in [0.4, 0.5) is 5.69 Å². The Kier molecular flexibility index (Phi) is 5.24. The van der Waals surface area contributed by atoms with Crippen LogP contribution in [0, 0.1) is 10.1 Å². The Hall–Kier alpha value is -2.45. The average molecular weight is 378 g/mol. The van der Waals surface area contributed by atoms with E-state index in [0.29, 0.717) is 18.8 Å². The number of rotatable bonds is 5. The number of H-pyrrole nitrogens is 1. The number of amides is 1. The highest BCUT2D eigenvalue weighted by atomic mass is 35.5. The molecule has 0 saturated heterocycles. The van der Waals surface area contributed by atoms with E-state index in [0.717, 1.165) is 42.6 Å². The van der Waals surface area contributed by atoms with E-state index in [1.165, 1.54) is 12.1 Å². The van der Waals surface area contributed by atoms with Crippen LogP contribution in [0.25, 0.3) is 0 Å². The smallest absolute Gasteiger partial charge is 0.275 e. The fourth-order valence-electron chi connectivity index (χ4n) is 3.21. The van der Waals surface area contributed by atoms with E-state index in [4.69, 9.17) is 0 Å². The summed E-state index contributed by atoms with van der Waals surface area (Å²) >= 11 is 0. The van der Waals surface area contributed by atoms with E-state index in [2.05, 4.69) is 15.5 Å². The second-order valence-corrected chi connectivity index (χ2v) is 6.54. The van der Waals surface area contributed by atoms with E-state index >= 15 is 0 Å². The number of nitro groups is 1. The Morgan fingerprint density at radius 1 is 1.31 bits per heavy atom. The summed E-state index contributed by atoms with van der Waals surface area (Å²) < 4.78 is 0. The van der Waals surface area contributed by atoms with Crippen LogP contribution >= 0.6 is 12.4 Å². The number of fused-ring (bicyclic) bond motifs is 1. The standard InChI is InChI=1S/C17H19N5O3.ClH/c23-17(16-14-9-18-8-7-15(14)19-20-16)21(12-5-6-12)10-11-1-3-13(4-2-11)22(24)25;/h1-4,12,18H,5-10H2,(H,19,20);1H. The minimum absolute atomic E-state index is 0. The molecular formula is C17H20ClN5O3. The van der Waals surface area contributed by atoms with Crippen molar-refractivity contribution >= 4 is 24.0 Å². The third-order valence-electron chi connectivity index (χ3n) is 4.76. The molecule has 1 fully saturated rings. The van der Waals surface area contributed by atoms with Crippen LogP contribution in [-0.2, 0) is 19.5 Å². The molecule has 138 valence electrons. The van der Waals surface area contributed by atoms with Crippen LogP contribution in [-0.4, -0.2) is 38.5 Å². The van der Waals surface area contributed by atoms with Gasteiger partial charge in [0.25, 0.3) is 11.6 Å². The molecule has 1 amide bonds. The van der Waals surface area contributed by atoms with Gasteiger partial charge in [0.1, 0.15) is 0 Å². The molecule has 4 rings (SSSR count). The van der Waals surface area contributed by atoms with Crippen LogP contribution in [0.5, 0.6) is 0 Å². The Morgan fingerprint density at radius 2 is 2.04 bits per heavy atom. The summed E-state index contributed by atoms with van der Waals surface area (Å²) in [7, 11) is 0. The van der Waals surface area contributed by atoms with Gasteiger partial charge in [-0.05, 0) is 18.4 Å². The van der Waals surface area contributed by atoms with E-state index in [1.54, 1.807) is 12.1 Å². The molecule has 1 aliphatic heterocycles. The van der Waals surface area contributed by atoms with Crippen molar-refractivity contribution in [2.24, 2.45) is 0 Å². The van der Waals surface area contributed by atoms with Gasteiger partial charge in [-0.15, -0.1) is 12.4 Å². The molecule has 0 atom stereocenters. The second-order valence-electron chi connectivity index (χ2n) is 6.54. The largest absolute Gasteiger partial charge is 0.330 e. The lowest BCUT2D eigenvalue weighted by Crippen LogP contribution is -2.34. The van der Waals surface area contributed by atoms with Gasteiger partial charge in [-0.1, -0.05) is 12.1 Å². The predicted octanol–water partition coefficient (Wildman–Crippen LogP) is 2.19. The van der Waals surface area contributed by atoms with Crippen molar-refractivity contribution in [3.8, 4) is 0 Å². The van der Waals surface area contributed by atoms with Crippen molar-refractivity contribution < 1.29 is 9.72 Å². The lowest BCUT2D eigenvalue weighted by Gasteiger charge is -2.23. The van der Waals surface area contributed by atoms with Gasteiger partial charge >= 0.3 is 0 Å². The van der Waals surface area contributed by atoms with Crippen LogP contribution in [0.3, 0.4) is 0 Å². The summed E-state index contributed by atoms with van der Waals surface area (Å²) in [6.45, 7) is 1.98. The number of hydrogen-bond acceptors (Lipinski definition) is 5. The topological polar surface area (TPSA) is 104 Å². The minimum atomic E-state index is -0.420. The monoisotopic (exact) mass is 377 g/mol. The first-order valence-electron chi connectivity index (χ1n) is 8.44. The number of hydrogen-bond donors (Lipinski definition) is 2. The fraction of sp³-hybridized carbons (Fsp3) is 0.412. The number of aromatic nitrogens is 2. The van der Waals surface area contributed by atoms with E-state index in [1.807, 2.05) is 4.90 Å². The zero-order valence-electron chi connectivity index (χ0n) is 14.1. The van der Waals surface area contributed by atoms with Crippen LogP contribution in [0.1, 0.15) is 40.2 Å². The highest BCUT2D eigenvalue weighted by molar-refractivity contribution is 5.94. The van der Waals surface area contributed by atoms with Crippen molar-refractivity contribution in [2.45, 2.75) is 38.4 Å². The lowest BCUT2D eigenvalue weighted by atomic mass is 10.1. The second kappa shape index (κ2) is 7.43. The summed E-state index contributed by atoms with van der Waals surface area (Å²) in [5.41, 5.74) is 3.43. The molecule has 1 saturated carbocycles. The Balaban J connectivity index is 0.00000196. The fourth-order valence-corrected chi connectivity index (χ4v) is 3.21. The SMILES string of the molecule is Cl.O=C(c1n[nH]c2c1CNCC2)N(Cc1ccc([N+](=O)[O-])cc1)C1CC1. The van der Waals surface area contributed by atoms with Gasteiger partial charge in [-0.3, -0.25) is 20.0 Å². The van der Waals surface area contributed by atoms with Crippen molar-refractivity contribution in [1.82, 2.24) is 20.4 Å². The van der Waals surface area contributed by atoms with Crippen LogP contribution in [0.15, 0.2) is 24.3 Å². The van der Waals surface area contributed by atoms with Gasteiger partial charge in [-0.25, -0.2) is 0 Å². The maximum atomic E-state index is 13.0. The van der Waals surface area contributed by atoms with Gasteiger partial charge in [-0.2, -0.15) is 5.10 Å². The normalized spacial score (nSPS) is 15.7. The van der Waals surface area contributed by atoms with Crippen LogP contribution < -0.4 is 5.32 Å². The summed E-state index contributed by atoms with van der Waals surface area (Å²) in [5.74, 6) is -0.0675. The number of nitrogens with one attached hydrogen (secondary N) is 2. The molecular weight excluding hydrogens is 358 g/mol. The van der Waals surface area contributed by atoms with Gasteiger partial charge in [0.05, 0.1) is 4.92 Å². The highest BCUT2D eigenvalue weighted by Crippen LogP contribution is 2.31. The number of halogens is 1. The van der Waals surface area contributed by atoms with Gasteiger partial charge in [0.15, 0.2) is 5.69 Å². The van der Waals surface area contributed by atoms with E-state index in [9.17, 15) is 14.9 Å². The van der Waals surface area contributed by atoms with Crippen molar-refractivity contribution in [1.29, 1.82) is 0 Å². The summed E-state index contributed by atoms with van der Waals surface area (Å²) in [6, 6.07) is 6.60. The lowest BCUT2D eigenvalue weighted by molar-refractivity contribution is -0.384. The number of nitro benzene ring substituents is 1. The van der Waals surface area contributed by atoms with E-state index < -0.39 is 4.92 Å². The van der Waals surface area contributed by atoms with Crippen molar-refractivity contribution in [3.63, 3.8) is 0 Å². The number of benzene rings is 1. The molecule has 1 aromatic heterocycles. The predicted molar refractivity (Wildman–Crippen MR) is 97.2 cm³/mol. The zero-order chi connectivity index (χ0) is 17.4. The van der Waals surface area contributed by atoms with Crippen molar-refractivity contribution in [3.05, 3.63) is 56.9 Å². The Morgan fingerprint density at radius 3 is 2.69 bits per heavy atom. The Labute approximate surface area is 156 Å². The van der Waals surface area contributed by atoms with Gasteiger partial charge in [0.2, 0.25) is 0 Å². The average Bonchev–Trinajstić information content (AvgIpc) is 3.38. The number of carbonyl (C=O) groups excluding carboxylic acids is 1. The summed E-state index contributed by atoms with van der Waals surface area (Å²) in [5, 5.41) is 21.3. The molecule has 8 nitrogen and oxygen atoms in total. The molecule has 26 heavy (non-hydrogen) atoms. The minimum Gasteiger partial charge on any atom is -0.330 e. The molecule has 2 N–H and O–H groups in total. The number of aromatic amines is 1. The number of nitrogens with zero attached hydrogens (tertiary/aromatic N) is 3. The first kappa shape index (κ1) is 18.3. The highest BCUT2D eigenvalue weighted by Gasteiger charge is 2.35.